The fourth-order valence-corrected chi connectivity index (χ4v) is 3.86. The number of rotatable bonds is 9. The van der Waals surface area contributed by atoms with Crippen LogP contribution in [0.1, 0.15) is 6.42 Å². The third-order valence-electron chi connectivity index (χ3n) is 5.41. The summed E-state index contributed by atoms with van der Waals surface area (Å²) in [5.41, 5.74) is 1.17. The minimum atomic E-state index is -0.631. The van der Waals surface area contributed by atoms with Crippen LogP contribution in [0, 0.1) is 0 Å². The summed E-state index contributed by atoms with van der Waals surface area (Å²) in [6, 6.07) is 10.0. The number of allylic oxidation sites excluding steroid dienone is 3. The fourth-order valence-electron chi connectivity index (χ4n) is 3.64. The van der Waals surface area contributed by atoms with E-state index in [0.29, 0.717) is 40.6 Å². The number of H-pyrrole nitrogens is 2. The lowest BCUT2D eigenvalue weighted by atomic mass is 10.0. The third kappa shape index (κ3) is 6.12. The molecule has 3 heterocycles. The van der Waals surface area contributed by atoms with Gasteiger partial charge in [0.15, 0.2) is 0 Å². The van der Waals surface area contributed by atoms with Crippen LogP contribution in [0.25, 0.3) is 27.9 Å². The monoisotopic (exact) mass is 514 g/mol. The van der Waals surface area contributed by atoms with Crippen LogP contribution < -0.4 is 21.5 Å². The average Bonchev–Trinajstić information content (AvgIpc) is 2.88. The maximum Gasteiger partial charge on any atom is 0.325 e. The van der Waals surface area contributed by atoms with Crippen molar-refractivity contribution in [1.29, 1.82) is 0 Å². The molecule has 0 aliphatic heterocycles. The predicted molar refractivity (Wildman–Crippen MR) is 146 cm³/mol. The Morgan fingerprint density at radius 3 is 2.70 bits per heavy atom. The summed E-state index contributed by atoms with van der Waals surface area (Å²) in [4.78, 5) is 46.4. The standard InChI is InChI=1S/C28H23ClN4O4/c1-3-4-6-18(2)8-10-37-23-12-19(11-21(29)14-23)24-13-20(25-16-31-28(36)32-26(25)34)17-33(27(24)35)22-7-5-9-30-15-22/h3-7,9,11-17H,1-2,8,10H2,(H2,31,32,34,36)/b6-4-. The molecule has 0 aliphatic carbocycles. The van der Waals surface area contributed by atoms with E-state index in [2.05, 4.69) is 28.1 Å². The first kappa shape index (κ1) is 25.4. The van der Waals surface area contributed by atoms with E-state index in [1.165, 1.54) is 23.2 Å². The molecule has 0 aliphatic rings. The predicted octanol–water partition coefficient (Wildman–Crippen LogP) is 4.66. The Hall–Kier alpha value is -4.69. The van der Waals surface area contributed by atoms with Gasteiger partial charge in [-0.3, -0.25) is 24.1 Å². The quantitative estimate of drug-likeness (QED) is 0.316. The molecule has 0 fully saturated rings. The molecule has 186 valence electrons. The van der Waals surface area contributed by atoms with Gasteiger partial charge in [0.1, 0.15) is 5.75 Å². The summed E-state index contributed by atoms with van der Waals surface area (Å²) >= 11 is 6.39. The number of aromatic amines is 2. The van der Waals surface area contributed by atoms with Crippen LogP contribution in [-0.2, 0) is 0 Å². The number of nitrogens with zero attached hydrogens (tertiary/aromatic N) is 2. The highest BCUT2D eigenvalue weighted by atomic mass is 35.5. The van der Waals surface area contributed by atoms with Crippen LogP contribution in [0.5, 0.6) is 5.75 Å². The molecule has 1 aromatic carbocycles. The average molecular weight is 515 g/mol. The van der Waals surface area contributed by atoms with Gasteiger partial charge in [-0.1, -0.05) is 48.6 Å². The molecular formula is C28H23ClN4O4. The summed E-state index contributed by atoms with van der Waals surface area (Å²) in [7, 11) is 0. The summed E-state index contributed by atoms with van der Waals surface area (Å²) < 4.78 is 7.27. The molecule has 4 aromatic rings. The molecule has 2 N–H and O–H groups in total. The highest BCUT2D eigenvalue weighted by molar-refractivity contribution is 6.31. The first-order valence-electron chi connectivity index (χ1n) is 11.3. The third-order valence-corrected chi connectivity index (χ3v) is 5.63. The Morgan fingerprint density at radius 1 is 1.14 bits per heavy atom. The molecule has 0 unspecified atom stereocenters. The number of hydrogen-bond acceptors (Lipinski definition) is 5. The Bertz CT molecular complexity index is 1670. The van der Waals surface area contributed by atoms with Crippen molar-refractivity contribution in [3.8, 4) is 33.7 Å². The first-order valence-corrected chi connectivity index (χ1v) is 11.6. The summed E-state index contributed by atoms with van der Waals surface area (Å²) in [6.45, 7) is 7.96. The number of halogens is 1. The lowest BCUT2D eigenvalue weighted by Crippen LogP contribution is -2.24. The maximum atomic E-state index is 13.6. The van der Waals surface area contributed by atoms with E-state index in [9.17, 15) is 14.4 Å². The molecule has 0 amide bonds. The second-order valence-corrected chi connectivity index (χ2v) is 8.48. The molecule has 8 nitrogen and oxygen atoms in total. The minimum Gasteiger partial charge on any atom is -0.493 e. The molecular weight excluding hydrogens is 492 g/mol. The second-order valence-electron chi connectivity index (χ2n) is 8.04. The van der Waals surface area contributed by atoms with Crippen molar-refractivity contribution in [3.63, 3.8) is 0 Å². The van der Waals surface area contributed by atoms with Crippen molar-refractivity contribution in [3.05, 3.63) is 134 Å². The number of hydrogen-bond donors (Lipinski definition) is 2. The molecule has 3 aromatic heterocycles. The number of pyridine rings is 2. The van der Waals surface area contributed by atoms with Crippen molar-refractivity contribution >= 4 is 11.6 Å². The lowest BCUT2D eigenvalue weighted by molar-refractivity contribution is 0.323. The maximum absolute atomic E-state index is 13.6. The highest BCUT2D eigenvalue weighted by Gasteiger charge is 2.15. The normalized spacial score (nSPS) is 10.9. The molecule has 0 bridgehead atoms. The van der Waals surface area contributed by atoms with Crippen LogP contribution in [0.15, 0.2) is 113 Å². The van der Waals surface area contributed by atoms with E-state index < -0.39 is 11.2 Å². The summed E-state index contributed by atoms with van der Waals surface area (Å²) in [6.07, 6.45) is 11.9. The molecule has 0 radical (unpaired) electrons. The topological polar surface area (TPSA) is 110 Å². The molecule has 0 spiro atoms. The highest BCUT2D eigenvalue weighted by Crippen LogP contribution is 2.29. The minimum absolute atomic E-state index is 0.183. The van der Waals surface area contributed by atoms with Gasteiger partial charge in [-0.05, 0) is 42.0 Å². The van der Waals surface area contributed by atoms with Crippen molar-refractivity contribution in [2.24, 2.45) is 0 Å². The van der Waals surface area contributed by atoms with E-state index in [-0.39, 0.29) is 16.7 Å². The van der Waals surface area contributed by atoms with Crippen LogP contribution >= 0.6 is 11.6 Å². The fraction of sp³-hybridized carbons (Fsp3) is 0.0714. The smallest absolute Gasteiger partial charge is 0.325 e. The summed E-state index contributed by atoms with van der Waals surface area (Å²) in [5.74, 6) is 0.475. The number of nitrogens with one attached hydrogen (secondary N) is 2. The number of ether oxygens (including phenoxy) is 1. The van der Waals surface area contributed by atoms with Crippen LogP contribution in [0.2, 0.25) is 5.02 Å². The largest absolute Gasteiger partial charge is 0.493 e. The molecule has 4 rings (SSSR count). The van der Waals surface area contributed by atoms with E-state index in [0.717, 1.165) is 5.57 Å². The van der Waals surface area contributed by atoms with Gasteiger partial charge in [0, 0.05) is 41.2 Å². The molecule has 0 atom stereocenters. The zero-order chi connectivity index (χ0) is 26.4. The zero-order valence-corrected chi connectivity index (χ0v) is 20.5. The van der Waals surface area contributed by atoms with Gasteiger partial charge < -0.3 is 9.72 Å². The van der Waals surface area contributed by atoms with Gasteiger partial charge in [0.2, 0.25) is 0 Å². The van der Waals surface area contributed by atoms with E-state index >= 15 is 0 Å². The van der Waals surface area contributed by atoms with Crippen LogP contribution in [-0.4, -0.2) is 26.1 Å². The van der Waals surface area contributed by atoms with Crippen LogP contribution in [0.4, 0.5) is 0 Å². The van der Waals surface area contributed by atoms with E-state index in [4.69, 9.17) is 16.3 Å². The van der Waals surface area contributed by atoms with E-state index in [1.807, 2.05) is 6.08 Å². The molecule has 9 heteroatoms. The number of aromatic nitrogens is 4. The van der Waals surface area contributed by atoms with Gasteiger partial charge in [0.25, 0.3) is 11.1 Å². The molecule has 0 saturated carbocycles. The lowest BCUT2D eigenvalue weighted by Gasteiger charge is -2.13. The molecule has 0 saturated heterocycles. The Morgan fingerprint density at radius 2 is 1.97 bits per heavy atom. The second kappa shape index (κ2) is 11.4. The van der Waals surface area contributed by atoms with Crippen molar-refractivity contribution < 1.29 is 4.74 Å². The SMILES string of the molecule is C=C/C=C\C(=C)CCOc1cc(Cl)cc(-c2cc(-c3c[nH]c(=O)[nH]c3=O)cn(-c3cccnc3)c2=O)c1. The Labute approximate surface area is 216 Å². The Balaban J connectivity index is 1.80. The van der Waals surface area contributed by atoms with Crippen molar-refractivity contribution in [1.82, 2.24) is 19.5 Å². The first-order chi connectivity index (χ1) is 17.9. The zero-order valence-electron chi connectivity index (χ0n) is 19.7. The van der Waals surface area contributed by atoms with E-state index in [1.54, 1.807) is 54.7 Å². The Kier molecular flexibility index (Phi) is 7.80. The number of benzene rings is 1. The van der Waals surface area contributed by atoms with Crippen molar-refractivity contribution in [2.45, 2.75) is 6.42 Å². The van der Waals surface area contributed by atoms with Gasteiger partial charge >= 0.3 is 5.69 Å². The van der Waals surface area contributed by atoms with Gasteiger partial charge in [-0.2, -0.15) is 0 Å². The van der Waals surface area contributed by atoms with Gasteiger partial charge in [-0.15, -0.1) is 0 Å². The van der Waals surface area contributed by atoms with Gasteiger partial charge in [0.05, 0.1) is 24.1 Å². The van der Waals surface area contributed by atoms with Crippen LogP contribution in [0.3, 0.4) is 0 Å². The van der Waals surface area contributed by atoms with Crippen molar-refractivity contribution in [2.75, 3.05) is 6.61 Å². The van der Waals surface area contributed by atoms with Gasteiger partial charge in [-0.25, -0.2) is 4.79 Å². The summed E-state index contributed by atoms with van der Waals surface area (Å²) in [5, 5.41) is 0.373. The molecule has 37 heavy (non-hydrogen) atoms.